The minimum Gasteiger partial charge on any atom is -0.497 e. The molecule has 0 aliphatic carbocycles. The summed E-state index contributed by atoms with van der Waals surface area (Å²) in [4.78, 5) is 20.4. The molecule has 15 heavy (non-hydrogen) atoms. The van der Waals surface area contributed by atoms with Crippen LogP contribution >= 0.6 is 11.8 Å². The number of benzene rings is 1. The molecule has 0 saturated carbocycles. The molecule has 1 aromatic rings. The van der Waals surface area contributed by atoms with Crippen LogP contribution in [0.3, 0.4) is 0 Å². The molecule has 0 aliphatic rings. The lowest BCUT2D eigenvalue weighted by atomic mass is 10.3. The smallest absolute Gasteiger partial charge is 0.369 e. The summed E-state index contributed by atoms with van der Waals surface area (Å²) in [6, 6.07) is 3.94. The molecule has 0 atom stereocenters. The number of nitro groups is 1. The third-order valence-electron chi connectivity index (χ3n) is 1.56. The Morgan fingerprint density at radius 1 is 1.60 bits per heavy atom. The quantitative estimate of drug-likeness (QED) is 0.486. The van der Waals surface area contributed by atoms with Crippen molar-refractivity contribution in [1.82, 2.24) is 0 Å². The first kappa shape index (κ1) is 11.3. The fraction of sp³-hybridized carbons (Fsp3) is 0.125. The first-order valence-electron chi connectivity index (χ1n) is 3.78. The number of hydrogen-bond acceptors (Lipinski definition) is 5. The third kappa shape index (κ3) is 2.84. The highest BCUT2D eigenvalue weighted by Crippen LogP contribution is 2.32. The van der Waals surface area contributed by atoms with Crippen molar-refractivity contribution in [2.24, 2.45) is 0 Å². The summed E-state index contributed by atoms with van der Waals surface area (Å²) in [5, 5.41) is 17.9. The largest absolute Gasteiger partial charge is 0.497 e. The van der Waals surface area contributed by atoms with Crippen molar-refractivity contribution in [2.75, 3.05) is 7.11 Å². The molecule has 0 bridgehead atoms. The molecule has 6 nitrogen and oxygen atoms in total. The van der Waals surface area contributed by atoms with E-state index in [1.54, 1.807) is 0 Å². The Labute approximate surface area is 89.0 Å². The van der Waals surface area contributed by atoms with Crippen molar-refractivity contribution in [3.05, 3.63) is 28.3 Å². The lowest BCUT2D eigenvalue weighted by molar-refractivity contribution is -0.387. The first-order chi connectivity index (χ1) is 7.04. The molecule has 7 heteroatoms. The van der Waals surface area contributed by atoms with Crippen LogP contribution in [0.1, 0.15) is 0 Å². The Balaban J connectivity index is 3.16. The fourth-order valence-electron chi connectivity index (χ4n) is 0.948. The van der Waals surface area contributed by atoms with E-state index in [0.29, 0.717) is 17.5 Å². The Morgan fingerprint density at radius 2 is 2.27 bits per heavy atom. The van der Waals surface area contributed by atoms with E-state index in [2.05, 4.69) is 0 Å². The van der Waals surface area contributed by atoms with Gasteiger partial charge in [0.05, 0.1) is 12.0 Å². The molecule has 0 aromatic heterocycles. The van der Waals surface area contributed by atoms with Crippen LogP contribution in [-0.4, -0.2) is 22.4 Å². The maximum absolute atomic E-state index is 10.6. The molecule has 80 valence electrons. The zero-order valence-corrected chi connectivity index (χ0v) is 8.48. The number of methoxy groups -OCH3 is 1. The first-order valence-corrected chi connectivity index (χ1v) is 4.59. The zero-order chi connectivity index (χ0) is 11.4. The molecular weight excluding hydrogens is 222 g/mol. The molecule has 1 rings (SSSR count). The van der Waals surface area contributed by atoms with Crippen LogP contribution in [0.4, 0.5) is 10.5 Å². The van der Waals surface area contributed by atoms with Gasteiger partial charge in [0.25, 0.3) is 5.69 Å². The fourth-order valence-corrected chi connectivity index (χ4v) is 1.56. The van der Waals surface area contributed by atoms with Gasteiger partial charge in [-0.3, -0.25) is 10.1 Å². The normalized spacial score (nSPS) is 9.67. The van der Waals surface area contributed by atoms with Gasteiger partial charge in [-0.2, -0.15) is 0 Å². The lowest BCUT2D eigenvalue weighted by Crippen LogP contribution is -1.94. The van der Waals surface area contributed by atoms with Gasteiger partial charge in [-0.15, -0.1) is 0 Å². The molecule has 0 heterocycles. The van der Waals surface area contributed by atoms with Gasteiger partial charge in [0.1, 0.15) is 10.6 Å². The van der Waals surface area contributed by atoms with E-state index >= 15 is 0 Å². The van der Waals surface area contributed by atoms with Crippen LogP contribution in [0.15, 0.2) is 23.1 Å². The predicted molar refractivity (Wildman–Crippen MR) is 53.5 cm³/mol. The van der Waals surface area contributed by atoms with Crippen molar-refractivity contribution in [2.45, 2.75) is 4.90 Å². The number of rotatable bonds is 3. The van der Waals surface area contributed by atoms with Crippen molar-refractivity contribution in [3.63, 3.8) is 0 Å². The number of thioether (sulfide) groups is 1. The SMILES string of the molecule is COc1ccc([N+](=O)[O-])c(SC(=O)O)c1. The van der Waals surface area contributed by atoms with Crippen molar-refractivity contribution in [3.8, 4) is 5.75 Å². The summed E-state index contributed by atoms with van der Waals surface area (Å²) < 4.78 is 4.84. The van der Waals surface area contributed by atoms with Crippen LogP contribution < -0.4 is 4.74 Å². The van der Waals surface area contributed by atoms with E-state index in [-0.39, 0.29) is 10.6 Å². The number of nitro benzene ring substituents is 1. The van der Waals surface area contributed by atoms with Gasteiger partial charge in [-0.05, 0) is 6.07 Å². The summed E-state index contributed by atoms with van der Waals surface area (Å²) in [5.74, 6) is 0.379. The van der Waals surface area contributed by atoms with Crippen LogP contribution in [-0.2, 0) is 0 Å². The molecular formula is C8H7NO5S. The number of hydrogen-bond donors (Lipinski definition) is 1. The number of nitrogens with zero attached hydrogens (tertiary/aromatic N) is 1. The van der Waals surface area contributed by atoms with Crippen LogP contribution in [0.5, 0.6) is 5.75 Å². The van der Waals surface area contributed by atoms with Crippen molar-refractivity contribution >= 4 is 22.8 Å². The van der Waals surface area contributed by atoms with Crippen LogP contribution in [0.25, 0.3) is 0 Å². The van der Waals surface area contributed by atoms with Gasteiger partial charge >= 0.3 is 5.30 Å². The highest BCUT2D eigenvalue weighted by molar-refractivity contribution is 8.13. The molecule has 0 spiro atoms. The van der Waals surface area contributed by atoms with Crippen LogP contribution in [0, 0.1) is 10.1 Å². The monoisotopic (exact) mass is 229 g/mol. The van der Waals surface area contributed by atoms with Gasteiger partial charge in [0.2, 0.25) is 0 Å². The number of carboxylic acid groups (broad SMARTS) is 1. The summed E-state index contributed by atoms with van der Waals surface area (Å²) >= 11 is 0.378. The number of ether oxygens (including phenoxy) is 1. The Morgan fingerprint density at radius 3 is 2.73 bits per heavy atom. The van der Waals surface area contributed by atoms with Gasteiger partial charge in [0, 0.05) is 23.9 Å². The Hall–Kier alpha value is -1.76. The van der Waals surface area contributed by atoms with Crippen molar-refractivity contribution in [1.29, 1.82) is 0 Å². The summed E-state index contributed by atoms with van der Waals surface area (Å²) in [6.45, 7) is 0. The maximum Gasteiger partial charge on any atom is 0.369 e. The van der Waals surface area contributed by atoms with Gasteiger partial charge in [-0.25, -0.2) is 4.79 Å². The summed E-state index contributed by atoms with van der Waals surface area (Å²) in [7, 11) is 1.40. The molecule has 0 unspecified atom stereocenters. The van der Waals surface area contributed by atoms with E-state index in [1.165, 1.54) is 25.3 Å². The standard InChI is InChI=1S/C8H7NO5S/c1-14-5-2-3-6(9(12)13)7(4-5)15-8(10)11/h2-4H,1H3,(H,10,11). The second kappa shape index (κ2) is 4.65. The molecule has 1 aromatic carbocycles. The average Bonchev–Trinajstić information content (AvgIpc) is 2.16. The zero-order valence-electron chi connectivity index (χ0n) is 7.67. The van der Waals surface area contributed by atoms with Crippen LogP contribution in [0.2, 0.25) is 0 Å². The van der Waals surface area contributed by atoms with E-state index in [1.807, 2.05) is 0 Å². The minimum atomic E-state index is -1.20. The second-order valence-corrected chi connectivity index (χ2v) is 3.45. The highest BCUT2D eigenvalue weighted by atomic mass is 32.2. The molecule has 0 amide bonds. The molecule has 1 N–H and O–H groups in total. The minimum absolute atomic E-state index is 0.0480. The van der Waals surface area contributed by atoms with E-state index < -0.39 is 10.2 Å². The van der Waals surface area contributed by atoms with E-state index in [4.69, 9.17) is 9.84 Å². The molecule has 0 saturated heterocycles. The third-order valence-corrected chi connectivity index (χ3v) is 2.28. The van der Waals surface area contributed by atoms with Gasteiger partial charge in [0.15, 0.2) is 0 Å². The molecule has 0 radical (unpaired) electrons. The molecule has 0 fully saturated rings. The van der Waals surface area contributed by atoms with Gasteiger partial charge < -0.3 is 9.84 Å². The average molecular weight is 229 g/mol. The van der Waals surface area contributed by atoms with Crippen molar-refractivity contribution < 1.29 is 19.6 Å². The second-order valence-electron chi connectivity index (χ2n) is 2.46. The van der Waals surface area contributed by atoms with Gasteiger partial charge in [-0.1, -0.05) is 0 Å². The summed E-state index contributed by atoms with van der Waals surface area (Å²) in [5.41, 5.74) is -0.247. The van der Waals surface area contributed by atoms with E-state index in [9.17, 15) is 14.9 Å². The summed E-state index contributed by atoms with van der Waals surface area (Å²) in [6.07, 6.45) is 0. The van der Waals surface area contributed by atoms with E-state index in [0.717, 1.165) is 0 Å². The number of carbonyl (C=O) groups is 1. The Kier molecular flexibility index (Phi) is 3.51. The lowest BCUT2D eigenvalue weighted by Gasteiger charge is -2.02. The highest BCUT2D eigenvalue weighted by Gasteiger charge is 2.17. The Bertz CT molecular complexity index is 406. The topological polar surface area (TPSA) is 89.7 Å². The maximum atomic E-state index is 10.6. The predicted octanol–water partition coefficient (Wildman–Crippen LogP) is 2.37. The molecule has 0 aliphatic heterocycles.